The predicted octanol–water partition coefficient (Wildman–Crippen LogP) is 4.84. The molecule has 51 heavy (non-hydrogen) atoms. The molecule has 290 valence electrons. The first-order chi connectivity index (χ1) is 24.1. The lowest BCUT2D eigenvalue weighted by atomic mass is 9.41. The summed E-state index contributed by atoms with van der Waals surface area (Å²) < 4.78 is 25.6. The topological polar surface area (TPSA) is 104 Å². The predicted molar refractivity (Wildman–Crippen MR) is 194 cm³/mol. The first kappa shape index (κ1) is 36.3. The zero-order valence-corrected chi connectivity index (χ0v) is 32.8. The van der Waals surface area contributed by atoms with E-state index in [4.69, 9.17) is 18.9 Å². The molecule has 9 aliphatic rings. The van der Waals surface area contributed by atoms with Gasteiger partial charge in [0, 0.05) is 37.6 Å². The Morgan fingerprint density at radius 3 is 2.25 bits per heavy atom. The van der Waals surface area contributed by atoms with Crippen molar-refractivity contribution in [1.29, 1.82) is 0 Å². The number of aliphatic hydroxyl groups excluding tert-OH is 2. The average molecular weight is 715 g/mol. The van der Waals surface area contributed by atoms with Gasteiger partial charge in [0.25, 0.3) is 0 Å². The number of nitrogens with zero attached hydrogens (tertiary/aromatic N) is 2. The zero-order valence-electron chi connectivity index (χ0n) is 32.8. The Morgan fingerprint density at radius 2 is 1.57 bits per heavy atom. The molecule has 0 aromatic heterocycles. The van der Waals surface area contributed by atoms with Crippen LogP contribution in [-0.2, 0) is 18.9 Å². The molecule has 5 aliphatic carbocycles. The van der Waals surface area contributed by atoms with Crippen molar-refractivity contribution in [2.75, 3.05) is 46.0 Å². The second-order valence-electron chi connectivity index (χ2n) is 21.0. The Bertz CT molecular complexity index is 1330. The molecule has 0 aromatic rings. The molecule has 9 nitrogen and oxygen atoms in total. The monoisotopic (exact) mass is 715 g/mol. The van der Waals surface area contributed by atoms with Crippen molar-refractivity contribution < 1.29 is 34.3 Å². The van der Waals surface area contributed by atoms with E-state index in [2.05, 4.69) is 44.4 Å². The highest BCUT2D eigenvalue weighted by atomic mass is 16.7. The molecule has 5 saturated carbocycles. The van der Waals surface area contributed by atoms with E-state index in [1.165, 1.54) is 51.6 Å². The van der Waals surface area contributed by atoms with E-state index >= 15 is 0 Å². The fraction of sp³-hybridized carbons (Fsp3) is 1.00. The van der Waals surface area contributed by atoms with Crippen molar-refractivity contribution in [3.8, 4) is 0 Å². The van der Waals surface area contributed by atoms with Crippen LogP contribution in [0.2, 0.25) is 0 Å². The fourth-order valence-corrected chi connectivity index (χ4v) is 15.5. The number of hydrogen-bond acceptors (Lipinski definition) is 9. The maximum atomic E-state index is 12.5. The van der Waals surface area contributed by atoms with Gasteiger partial charge in [0.05, 0.1) is 55.9 Å². The molecule has 9 rings (SSSR count). The summed E-state index contributed by atoms with van der Waals surface area (Å²) in [6, 6.07) is 1.27. The van der Waals surface area contributed by atoms with Crippen molar-refractivity contribution in [3.63, 3.8) is 0 Å². The first-order valence-electron chi connectivity index (χ1n) is 21.1. The smallest absolute Gasteiger partial charge is 0.170 e. The number of rotatable bonds is 6. The van der Waals surface area contributed by atoms with E-state index in [9.17, 15) is 15.3 Å². The van der Waals surface area contributed by atoms with Gasteiger partial charge in [-0.3, -0.25) is 9.80 Å². The third-order valence-corrected chi connectivity index (χ3v) is 18.4. The van der Waals surface area contributed by atoms with E-state index in [1.54, 1.807) is 13.8 Å². The molecule has 9 heteroatoms. The number of morpholine rings is 1. The van der Waals surface area contributed by atoms with Crippen molar-refractivity contribution in [1.82, 2.24) is 9.80 Å². The molecule has 4 unspecified atom stereocenters. The summed E-state index contributed by atoms with van der Waals surface area (Å²) >= 11 is 0. The summed E-state index contributed by atoms with van der Waals surface area (Å²) in [7, 11) is 0. The van der Waals surface area contributed by atoms with Crippen LogP contribution in [0.15, 0.2) is 0 Å². The Hall–Kier alpha value is -0.360. The minimum Gasteiger partial charge on any atom is -0.390 e. The Balaban J connectivity index is 0.891. The molecule has 4 heterocycles. The molecular weight excluding hydrogens is 644 g/mol. The molecule has 0 aromatic carbocycles. The quantitative estimate of drug-likeness (QED) is 0.357. The molecule has 0 amide bonds. The van der Waals surface area contributed by atoms with Crippen LogP contribution < -0.4 is 0 Å². The number of fused-ring (bicyclic) bond motifs is 4. The lowest BCUT2D eigenvalue weighted by Gasteiger charge is -2.64. The van der Waals surface area contributed by atoms with Gasteiger partial charge in [0.1, 0.15) is 6.10 Å². The fourth-order valence-electron chi connectivity index (χ4n) is 15.5. The lowest BCUT2D eigenvalue weighted by molar-refractivity contribution is -0.252. The van der Waals surface area contributed by atoms with Crippen LogP contribution in [0.5, 0.6) is 0 Å². The van der Waals surface area contributed by atoms with Crippen LogP contribution in [0, 0.1) is 50.7 Å². The van der Waals surface area contributed by atoms with Crippen LogP contribution in [-0.4, -0.2) is 126 Å². The van der Waals surface area contributed by atoms with Crippen LogP contribution in [0.4, 0.5) is 0 Å². The van der Waals surface area contributed by atoms with Crippen LogP contribution in [0.3, 0.4) is 0 Å². The minimum absolute atomic E-state index is 0.0179. The molecule has 0 bridgehead atoms. The van der Waals surface area contributed by atoms with E-state index in [0.717, 1.165) is 58.6 Å². The highest BCUT2D eigenvalue weighted by molar-refractivity contribution is 5.33. The number of hydrogen-bond donors (Lipinski definition) is 3. The van der Waals surface area contributed by atoms with E-state index in [-0.39, 0.29) is 46.1 Å². The molecule has 4 aliphatic heterocycles. The molecule has 4 saturated heterocycles. The van der Waals surface area contributed by atoms with Gasteiger partial charge in [0.2, 0.25) is 0 Å². The zero-order chi connectivity index (χ0) is 35.9. The standard InChI is InChI=1S/C42H70N2O7/c1-25-20-28(35(45)38(4,5)47)50-34-33(25)39(6)14-15-42-24-41(42)13-10-31(37(2,3)29(41)8-9-30(42)40(39,7)36(34)46)51-32-21-44(18-19-49-32)26-11-16-43(17-12-26)27-22-48-23-27/h25-36,45-47H,8-24H2,1-7H3/t25-,28?,29+,30?,31+,32+,33+,34?,35+,36+,39-,40-,41?,42+/m1/s1. The Labute approximate surface area is 307 Å². The number of aliphatic hydroxyl groups is 3. The van der Waals surface area contributed by atoms with Crippen molar-refractivity contribution in [3.05, 3.63) is 0 Å². The van der Waals surface area contributed by atoms with Gasteiger partial charge in [0.15, 0.2) is 6.29 Å². The summed E-state index contributed by atoms with van der Waals surface area (Å²) in [5, 5.41) is 34.3. The molecule has 9 fully saturated rings. The molecule has 14 atom stereocenters. The third kappa shape index (κ3) is 5.03. The van der Waals surface area contributed by atoms with Crippen molar-refractivity contribution in [2.45, 2.75) is 167 Å². The number of piperidine rings is 1. The van der Waals surface area contributed by atoms with Crippen LogP contribution in [0.25, 0.3) is 0 Å². The van der Waals surface area contributed by atoms with E-state index < -0.39 is 23.9 Å². The second-order valence-corrected chi connectivity index (χ2v) is 21.0. The van der Waals surface area contributed by atoms with Gasteiger partial charge in [-0.1, -0.05) is 34.6 Å². The van der Waals surface area contributed by atoms with Gasteiger partial charge in [-0.2, -0.15) is 0 Å². The summed E-state index contributed by atoms with van der Waals surface area (Å²) in [5.41, 5.74) is -0.814. The lowest BCUT2D eigenvalue weighted by Crippen LogP contribution is -2.60. The van der Waals surface area contributed by atoms with Crippen molar-refractivity contribution >= 4 is 0 Å². The maximum absolute atomic E-state index is 12.5. The largest absolute Gasteiger partial charge is 0.390 e. The van der Waals surface area contributed by atoms with Gasteiger partial charge in [-0.15, -0.1) is 0 Å². The minimum atomic E-state index is -1.24. The Kier molecular flexibility index (Phi) is 8.59. The SMILES string of the molecule is C[C@@H]1CC([C@H](O)C(C)(C)O)OC2[C@H]1[C@@]1(C)CC[C@@]34CC35CC[C@H](O[C@H]3CN(C6CCN(C7COC7)CC6)CCO3)C(C)(C)[C@@H]5CCC4[C@]1(C)[C@H]2O. The third-order valence-electron chi connectivity index (χ3n) is 18.4. The molecule has 3 N–H and O–H groups in total. The first-order valence-corrected chi connectivity index (χ1v) is 21.1. The summed E-state index contributed by atoms with van der Waals surface area (Å²) in [6.45, 7) is 22.4. The molecule has 2 spiro atoms. The summed E-state index contributed by atoms with van der Waals surface area (Å²) in [4.78, 5) is 5.31. The maximum Gasteiger partial charge on any atom is 0.170 e. The van der Waals surface area contributed by atoms with Gasteiger partial charge >= 0.3 is 0 Å². The van der Waals surface area contributed by atoms with Crippen LogP contribution in [0.1, 0.15) is 113 Å². The summed E-state index contributed by atoms with van der Waals surface area (Å²) in [5.74, 6) is 1.66. The highest BCUT2D eigenvalue weighted by Gasteiger charge is 2.84. The van der Waals surface area contributed by atoms with Crippen LogP contribution >= 0.6 is 0 Å². The summed E-state index contributed by atoms with van der Waals surface area (Å²) in [6.07, 6.45) is 9.31. The van der Waals surface area contributed by atoms with Crippen molar-refractivity contribution in [2.24, 2.45) is 50.7 Å². The second kappa shape index (κ2) is 12.1. The van der Waals surface area contributed by atoms with E-state index in [0.29, 0.717) is 35.3 Å². The normalized spacial score (nSPS) is 52.5. The van der Waals surface area contributed by atoms with Gasteiger partial charge in [-0.05, 0) is 123 Å². The number of ether oxygens (including phenoxy) is 4. The molecule has 0 radical (unpaired) electrons. The van der Waals surface area contributed by atoms with E-state index in [1.807, 2.05) is 0 Å². The molecular formula is C42H70N2O7. The van der Waals surface area contributed by atoms with Gasteiger partial charge in [-0.25, -0.2) is 0 Å². The highest BCUT2D eigenvalue weighted by Crippen LogP contribution is 2.89. The Morgan fingerprint density at radius 1 is 0.863 bits per heavy atom. The van der Waals surface area contributed by atoms with Gasteiger partial charge < -0.3 is 34.3 Å². The number of likely N-dealkylation sites (tertiary alicyclic amines) is 1. The average Bonchev–Trinajstić information content (AvgIpc) is 3.69.